The molecule has 7 nitrogen and oxygen atoms in total. The number of aryl methyl sites for hydroxylation is 2. The Kier molecular flexibility index (Phi) is 5.35. The van der Waals surface area contributed by atoms with Crippen LogP contribution in [0.2, 0.25) is 0 Å². The van der Waals surface area contributed by atoms with Gasteiger partial charge in [0.15, 0.2) is 0 Å². The number of carbonyl (C=O) groups excluding carboxylic acids is 3. The molecule has 0 saturated heterocycles. The minimum absolute atomic E-state index is 0.0879. The molecule has 29 heavy (non-hydrogen) atoms. The monoisotopic (exact) mass is 410 g/mol. The molecule has 1 aliphatic rings. The average molecular weight is 410 g/mol. The normalized spacial score (nSPS) is 13.3. The fourth-order valence-corrected chi connectivity index (χ4v) is 3.97. The van der Waals surface area contributed by atoms with Crippen LogP contribution in [0.5, 0.6) is 0 Å². The summed E-state index contributed by atoms with van der Waals surface area (Å²) in [5, 5.41) is 5.69. The van der Waals surface area contributed by atoms with E-state index in [1.165, 1.54) is 0 Å². The van der Waals surface area contributed by atoms with Crippen LogP contribution in [-0.4, -0.2) is 28.7 Å². The maximum Gasteiger partial charge on any atom is 0.327 e. The Labute approximate surface area is 171 Å². The molecule has 1 fully saturated rings. The molecule has 1 saturated carbocycles. The third-order valence-electron chi connectivity index (χ3n) is 4.87. The summed E-state index contributed by atoms with van der Waals surface area (Å²) in [6, 6.07) is 10.3. The minimum Gasteiger partial charge on any atom is -0.354 e. The van der Waals surface area contributed by atoms with Gasteiger partial charge >= 0.3 is 11.8 Å². The smallest absolute Gasteiger partial charge is 0.327 e. The van der Waals surface area contributed by atoms with Crippen molar-refractivity contribution in [2.24, 2.45) is 0 Å². The lowest BCUT2D eigenvalue weighted by atomic mass is 10.0. The van der Waals surface area contributed by atoms with E-state index in [0.29, 0.717) is 6.42 Å². The molecule has 4 N–H and O–H groups in total. The second-order valence-corrected chi connectivity index (χ2v) is 8.20. The Morgan fingerprint density at radius 3 is 2.69 bits per heavy atom. The molecule has 1 aliphatic carbocycles. The zero-order valence-corrected chi connectivity index (χ0v) is 16.8. The van der Waals surface area contributed by atoms with Crippen LogP contribution in [-0.2, 0) is 20.8 Å². The van der Waals surface area contributed by atoms with Crippen molar-refractivity contribution in [2.75, 3.05) is 0 Å². The second kappa shape index (κ2) is 8.08. The van der Waals surface area contributed by atoms with Crippen molar-refractivity contribution < 1.29 is 14.4 Å². The highest BCUT2D eigenvalue weighted by atomic mass is 32.1. The van der Waals surface area contributed by atoms with Crippen LogP contribution in [0, 0.1) is 6.92 Å². The molecular formula is C21H22N4O3S. The van der Waals surface area contributed by atoms with Crippen molar-refractivity contribution in [1.29, 1.82) is 0 Å². The molecule has 0 atom stereocenters. The van der Waals surface area contributed by atoms with Crippen LogP contribution < -0.4 is 16.2 Å². The number of hydrogen-bond donors (Lipinski definition) is 4. The van der Waals surface area contributed by atoms with Gasteiger partial charge in [-0.2, -0.15) is 0 Å². The lowest BCUT2D eigenvalue weighted by molar-refractivity contribution is -0.141. The van der Waals surface area contributed by atoms with Crippen LogP contribution in [0.4, 0.5) is 0 Å². The number of aromatic nitrogens is 1. The van der Waals surface area contributed by atoms with E-state index in [1.807, 2.05) is 30.5 Å². The van der Waals surface area contributed by atoms with Gasteiger partial charge in [-0.05, 0) is 55.3 Å². The summed E-state index contributed by atoms with van der Waals surface area (Å²) in [4.78, 5) is 40.2. The number of hydrogen-bond acceptors (Lipinski definition) is 4. The Morgan fingerprint density at radius 1 is 1.14 bits per heavy atom. The summed E-state index contributed by atoms with van der Waals surface area (Å²) in [5.74, 6) is -1.93. The number of fused-ring (bicyclic) bond motifs is 1. The zero-order chi connectivity index (χ0) is 20.4. The fourth-order valence-electron chi connectivity index (χ4n) is 3.22. The highest BCUT2D eigenvalue weighted by Gasteiger charge is 2.26. The highest BCUT2D eigenvalue weighted by Crippen LogP contribution is 2.34. The topological polar surface area (TPSA) is 103 Å². The van der Waals surface area contributed by atoms with Crippen LogP contribution >= 0.6 is 11.3 Å². The van der Waals surface area contributed by atoms with Crippen LogP contribution in [0.1, 0.15) is 30.4 Å². The van der Waals surface area contributed by atoms with Gasteiger partial charge in [0.05, 0.1) is 10.6 Å². The van der Waals surface area contributed by atoms with Gasteiger partial charge < -0.3 is 10.3 Å². The quantitative estimate of drug-likeness (QED) is 0.384. The number of H-pyrrole nitrogens is 1. The van der Waals surface area contributed by atoms with Crippen molar-refractivity contribution in [2.45, 2.75) is 38.6 Å². The summed E-state index contributed by atoms with van der Waals surface area (Å²) in [6.45, 7) is 2.04. The molecule has 150 valence electrons. The van der Waals surface area contributed by atoms with E-state index in [1.54, 1.807) is 11.3 Å². The largest absolute Gasteiger partial charge is 0.354 e. The summed E-state index contributed by atoms with van der Waals surface area (Å²) < 4.78 is 0. The summed E-state index contributed by atoms with van der Waals surface area (Å²) >= 11 is 1.64. The predicted octanol–water partition coefficient (Wildman–Crippen LogP) is 2.56. The van der Waals surface area contributed by atoms with Crippen molar-refractivity contribution in [1.82, 2.24) is 21.2 Å². The molecule has 3 amide bonds. The van der Waals surface area contributed by atoms with Gasteiger partial charge in [0.25, 0.3) is 0 Å². The van der Waals surface area contributed by atoms with Crippen molar-refractivity contribution in [3.63, 3.8) is 0 Å². The molecule has 0 aliphatic heterocycles. The standard InChI is InChI=1S/C21H22N4O3S/c1-12-4-8-16-15(11-12)14(19(23-16)17-3-2-10-29-17)7-9-18(26)24-25-21(28)20(27)22-13-5-6-13/h2-4,8,10-11,13,23H,5-7,9H2,1H3,(H,22,27)(H,24,26)(H,25,28). The first-order chi connectivity index (χ1) is 14.0. The van der Waals surface area contributed by atoms with E-state index >= 15 is 0 Å². The second-order valence-electron chi connectivity index (χ2n) is 7.25. The van der Waals surface area contributed by atoms with Crippen molar-refractivity contribution in [3.8, 4) is 10.6 Å². The van der Waals surface area contributed by atoms with Gasteiger partial charge in [-0.1, -0.05) is 17.7 Å². The van der Waals surface area contributed by atoms with E-state index < -0.39 is 11.8 Å². The molecule has 2 aromatic heterocycles. The van der Waals surface area contributed by atoms with Gasteiger partial charge in [-0.15, -0.1) is 11.3 Å². The highest BCUT2D eigenvalue weighted by molar-refractivity contribution is 7.13. The van der Waals surface area contributed by atoms with E-state index in [4.69, 9.17) is 0 Å². The molecule has 0 radical (unpaired) electrons. The summed E-state index contributed by atoms with van der Waals surface area (Å²) in [5.41, 5.74) is 8.76. The van der Waals surface area contributed by atoms with Crippen LogP contribution in [0.3, 0.4) is 0 Å². The van der Waals surface area contributed by atoms with Gasteiger partial charge in [0.2, 0.25) is 5.91 Å². The number of carbonyl (C=O) groups is 3. The summed E-state index contributed by atoms with van der Waals surface area (Å²) in [6.07, 6.45) is 2.47. The van der Waals surface area contributed by atoms with Crippen molar-refractivity contribution in [3.05, 3.63) is 46.8 Å². The molecule has 0 spiro atoms. The predicted molar refractivity (Wildman–Crippen MR) is 112 cm³/mol. The van der Waals surface area contributed by atoms with Crippen molar-refractivity contribution >= 4 is 40.0 Å². The summed E-state index contributed by atoms with van der Waals surface area (Å²) in [7, 11) is 0. The molecule has 2 heterocycles. The molecular weight excluding hydrogens is 388 g/mol. The Bertz CT molecular complexity index is 1070. The van der Waals surface area contributed by atoms with E-state index in [2.05, 4.69) is 33.3 Å². The number of nitrogens with one attached hydrogen (secondary N) is 4. The minimum atomic E-state index is -0.854. The molecule has 4 rings (SSSR count). The molecule has 0 bridgehead atoms. The maximum absolute atomic E-state index is 12.2. The van der Waals surface area contributed by atoms with Gasteiger partial charge in [-0.3, -0.25) is 25.2 Å². The third-order valence-corrected chi connectivity index (χ3v) is 5.75. The Hall–Kier alpha value is -3.13. The number of benzene rings is 1. The first-order valence-electron chi connectivity index (χ1n) is 9.56. The van der Waals surface area contributed by atoms with E-state index in [0.717, 1.165) is 45.4 Å². The Balaban J connectivity index is 1.42. The van der Waals surface area contributed by atoms with Gasteiger partial charge in [-0.25, -0.2) is 0 Å². The molecule has 8 heteroatoms. The number of rotatable bonds is 5. The van der Waals surface area contributed by atoms with Gasteiger partial charge in [0, 0.05) is 23.4 Å². The third kappa shape index (κ3) is 4.48. The zero-order valence-electron chi connectivity index (χ0n) is 16.0. The van der Waals surface area contributed by atoms with Gasteiger partial charge in [0.1, 0.15) is 0 Å². The average Bonchev–Trinajstić information content (AvgIpc) is 3.22. The maximum atomic E-state index is 12.2. The molecule has 1 aromatic carbocycles. The Morgan fingerprint density at radius 2 is 1.97 bits per heavy atom. The lowest BCUT2D eigenvalue weighted by Gasteiger charge is -2.08. The fraction of sp³-hybridized carbons (Fsp3) is 0.286. The number of aromatic amines is 1. The number of amides is 3. The number of thiophene rings is 1. The molecule has 3 aromatic rings. The number of hydrazine groups is 1. The van der Waals surface area contributed by atoms with Crippen LogP contribution in [0.25, 0.3) is 21.5 Å². The van der Waals surface area contributed by atoms with E-state index in [-0.39, 0.29) is 18.4 Å². The first-order valence-corrected chi connectivity index (χ1v) is 10.4. The van der Waals surface area contributed by atoms with Crippen LogP contribution in [0.15, 0.2) is 35.7 Å². The molecule has 0 unspecified atom stereocenters. The first kappa shape index (κ1) is 19.2. The van der Waals surface area contributed by atoms with E-state index in [9.17, 15) is 14.4 Å². The lowest BCUT2D eigenvalue weighted by Crippen LogP contribution is -2.49. The SMILES string of the molecule is Cc1ccc2[nH]c(-c3cccs3)c(CCC(=O)NNC(=O)C(=O)NC3CC3)c2c1.